The summed E-state index contributed by atoms with van der Waals surface area (Å²) in [6.45, 7) is 1.99. The SMILES string of the molecule is COC1O[C@H](C)CC(N(C)C)[C@H]1O. The largest absolute Gasteiger partial charge is 0.386 e. The fourth-order valence-electron chi connectivity index (χ4n) is 1.74. The summed E-state index contributed by atoms with van der Waals surface area (Å²) in [5, 5.41) is 9.83. The second-order valence-electron chi connectivity index (χ2n) is 3.81. The molecule has 4 heteroatoms. The third-order valence-corrected chi connectivity index (χ3v) is 2.51. The molecule has 13 heavy (non-hydrogen) atoms. The number of aliphatic hydroxyl groups excluding tert-OH is 1. The second-order valence-corrected chi connectivity index (χ2v) is 3.81. The van der Waals surface area contributed by atoms with Gasteiger partial charge in [0.25, 0.3) is 0 Å². The zero-order valence-corrected chi connectivity index (χ0v) is 8.73. The zero-order chi connectivity index (χ0) is 10.0. The van der Waals surface area contributed by atoms with Crippen molar-refractivity contribution in [2.45, 2.75) is 37.9 Å². The molecule has 1 rings (SSSR count). The van der Waals surface area contributed by atoms with Gasteiger partial charge in [0.15, 0.2) is 6.29 Å². The van der Waals surface area contributed by atoms with Gasteiger partial charge >= 0.3 is 0 Å². The van der Waals surface area contributed by atoms with E-state index in [2.05, 4.69) is 0 Å². The summed E-state index contributed by atoms with van der Waals surface area (Å²) in [6, 6.07) is 0.119. The van der Waals surface area contributed by atoms with Gasteiger partial charge in [0.05, 0.1) is 6.10 Å². The summed E-state index contributed by atoms with van der Waals surface area (Å²) in [5.74, 6) is 0. The van der Waals surface area contributed by atoms with Crippen LogP contribution in [-0.2, 0) is 9.47 Å². The van der Waals surface area contributed by atoms with Crippen molar-refractivity contribution in [2.24, 2.45) is 0 Å². The summed E-state index contributed by atoms with van der Waals surface area (Å²) < 4.78 is 10.5. The number of nitrogens with zero attached hydrogens (tertiary/aromatic N) is 1. The van der Waals surface area contributed by atoms with Crippen LogP contribution < -0.4 is 0 Å². The third kappa shape index (κ3) is 2.40. The van der Waals surface area contributed by atoms with Crippen molar-refractivity contribution >= 4 is 0 Å². The maximum atomic E-state index is 9.83. The average molecular weight is 189 g/mol. The first kappa shape index (κ1) is 10.9. The van der Waals surface area contributed by atoms with Gasteiger partial charge in [-0.05, 0) is 27.4 Å². The molecule has 0 bridgehead atoms. The molecule has 1 heterocycles. The molecule has 4 nitrogen and oxygen atoms in total. The van der Waals surface area contributed by atoms with Gasteiger partial charge < -0.3 is 19.5 Å². The Kier molecular flexibility index (Phi) is 3.67. The topological polar surface area (TPSA) is 41.9 Å². The molecular weight excluding hydrogens is 170 g/mol. The smallest absolute Gasteiger partial charge is 0.184 e. The fourth-order valence-corrected chi connectivity index (χ4v) is 1.74. The molecule has 0 aliphatic carbocycles. The minimum absolute atomic E-state index is 0.119. The Balaban J connectivity index is 2.63. The molecule has 78 valence electrons. The predicted molar refractivity (Wildman–Crippen MR) is 49.4 cm³/mol. The summed E-state index contributed by atoms with van der Waals surface area (Å²) >= 11 is 0. The van der Waals surface area contributed by atoms with Crippen LogP contribution >= 0.6 is 0 Å². The van der Waals surface area contributed by atoms with E-state index >= 15 is 0 Å². The van der Waals surface area contributed by atoms with E-state index in [0.717, 1.165) is 6.42 Å². The van der Waals surface area contributed by atoms with E-state index in [1.165, 1.54) is 0 Å². The van der Waals surface area contributed by atoms with Crippen molar-refractivity contribution in [3.8, 4) is 0 Å². The number of hydrogen-bond donors (Lipinski definition) is 1. The van der Waals surface area contributed by atoms with Gasteiger partial charge in [-0.15, -0.1) is 0 Å². The van der Waals surface area contributed by atoms with E-state index in [0.29, 0.717) is 0 Å². The van der Waals surface area contributed by atoms with Crippen LogP contribution in [0, 0.1) is 0 Å². The lowest BCUT2D eigenvalue weighted by Gasteiger charge is -2.40. The van der Waals surface area contributed by atoms with Gasteiger partial charge in [-0.25, -0.2) is 0 Å². The number of rotatable bonds is 2. The minimum atomic E-state index is -0.559. The van der Waals surface area contributed by atoms with Crippen LogP contribution in [0.5, 0.6) is 0 Å². The number of aliphatic hydroxyl groups is 1. The Bertz CT molecular complexity index is 163. The number of methoxy groups -OCH3 is 1. The van der Waals surface area contributed by atoms with E-state index in [9.17, 15) is 5.11 Å². The summed E-state index contributed by atoms with van der Waals surface area (Å²) in [5.41, 5.74) is 0. The van der Waals surface area contributed by atoms with Crippen molar-refractivity contribution in [1.82, 2.24) is 4.90 Å². The van der Waals surface area contributed by atoms with Crippen LogP contribution in [0.4, 0.5) is 0 Å². The quantitative estimate of drug-likeness (QED) is 0.667. The second kappa shape index (κ2) is 4.37. The van der Waals surface area contributed by atoms with E-state index in [4.69, 9.17) is 9.47 Å². The zero-order valence-electron chi connectivity index (χ0n) is 8.73. The van der Waals surface area contributed by atoms with Gasteiger partial charge in [-0.3, -0.25) is 0 Å². The van der Waals surface area contributed by atoms with Crippen molar-refractivity contribution in [1.29, 1.82) is 0 Å². The Hall–Kier alpha value is -0.160. The van der Waals surface area contributed by atoms with Gasteiger partial charge in [-0.2, -0.15) is 0 Å². The molecule has 0 amide bonds. The Morgan fingerprint density at radius 2 is 2.08 bits per heavy atom. The molecule has 0 aromatic rings. The van der Waals surface area contributed by atoms with Crippen molar-refractivity contribution in [3.63, 3.8) is 0 Å². The molecule has 1 aliphatic heterocycles. The first-order chi connectivity index (χ1) is 6.06. The molecule has 1 N–H and O–H groups in total. The third-order valence-electron chi connectivity index (χ3n) is 2.51. The lowest BCUT2D eigenvalue weighted by molar-refractivity contribution is -0.242. The normalized spacial score (nSPS) is 41.1. The van der Waals surface area contributed by atoms with Gasteiger partial charge in [0.1, 0.15) is 6.10 Å². The lowest BCUT2D eigenvalue weighted by atomic mass is 9.99. The molecular formula is C9H19NO3. The van der Waals surface area contributed by atoms with Crippen LogP contribution in [0.15, 0.2) is 0 Å². The van der Waals surface area contributed by atoms with E-state index in [-0.39, 0.29) is 12.1 Å². The predicted octanol–water partition coefficient (Wildman–Crippen LogP) is 0.0588. The molecule has 1 saturated heterocycles. The number of ether oxygens (including phenoxy) is 2. The molecule has 2 unspecified atom stereocenters. The number of hydrogen-bond acceptors (Lipinski definition) is 4. The average Bonchev–Trinajstić information content (AvgIpc) is 2.08. The van der Waals surface area contributed by atoms with Crippen molar-refractivity contribution in [2.75, 3.05) is 21.2 Å². The van der Waals surface area contributed by atoms with Crippen LogP contribution in [0.2, 0.25) is 0 Å². The Morgan fingerprint density at radius 1 is 1.46 bits per heavy atom. The van der Waals surface area contributed by atoms with E-state index < -0.39 is 12.4 Å². The minimum Gasteiger partial charge on any atom is -0.386 e. The van der Waals surface area contributed by atoms with Crippen LogP contribution in [-0.4, -0.2) is 55.8 Å². The first-order valence-corrected chi connectivity index (χ1v) is 4.59. The molecule has 0 aromatic carbocycles. The van der Waals surface area contributed by atoms with Gasteiger partial charge in [0.2, 0.25) is 0 Å². The van der Waals surface area contributed by atoms with Crippen LogP contribution in [0.25, 0.3) is 0 Å². The van der Waals surface area contributed by atoms with Crippen molar-refractivity contribution in [3.05, 3.63) is 0 Å². The standard InChI is InChI=1S/C9H19NO3/c1-6-5-7(10(2)3)8(11)9(12-4)13-6/h6-9,11H,5H2,1-4H3/t6-,7?,8-,9?/m1/s1. The molecule has 4 atom stereocenters. The van der Waals surface area contributed by atoms with Gasteiger partial charge in [-0.1, -0.05) is 0 Å². The highest BCUT2D eigenvalue weighted by atomic mass is 16.7. The molecule has 1 fully saturated rings. The van der Waals surface area contributed by atoms with Crippen molar-refractivity contribution < 1.29 is 14.6 Å². The highest BCUT2D eigenvalue weighted by Crippen LogP contribution is 2.23. The molecule has 1 aliphatic rings. The van der Waals surface area contributed by atoms with E-state index in [1.807, 2.05) is 25.9 Å². The summed E-state index contributed by atoms with van der Waals surface area (Å²) in [7, 11) is 5.47. The highest BCUT2D eigenvalue weighted by Gasteiger charge is 2.37. The number of likely N-dealkylation sites (N-methyl/N-ethyl adjacent to an activating group) is 1. The Morgan fingerprint density at radius 3 is 2.54 bits per heavy atom. The van der Waals surface area contributed by atoms with E-state index in [1.54, 1.807) is 7.11 Å². The van der Waals surface area contributed by atoms with Crippen LogP contribution in [0.3, 0.4) is 0 Å². The monoisotopic (exact) mass is 189 g/mol. The lowest BCUT2D eigenvalue weighted by Crippen LogP contribution is -2.53. The molecule has 0 aromatic heterocycles. The molecule has 0 spiro atoms. The van der Waals surface area contributed by atoms with Crippen LogP contribution in [0.1, 0.15) is 13.3 Å². The molecule has 0 saturated carbocycles. The van der Waals surface area contributed by atoms with Gasteiger partial charge in [0, 0.05) is 13.2 Å². The first-order valence-electron chi connectivity index (χ1n) is 4.59. The maximum absolute atomic E-state index is 9.83. The molecule has 0 radical (unpaired) electrons. The summed E-state index contributed by atoms with van der Waals surface area (Å²) in [6.07, 6.45) is -0.0679. The Labute approximate surface area is 79.4 Å². The maximum Gasteiger partial charge on any atom is 0.184 e. The fraction of sp³-hybridized carbons (Fsp3) is 1.00. The highest BCUT2D eigenvalue weighted by molar-refractivity contribution is 4.84. The summed E-state index contributed by atoms with van der Waals surface area (Å²) in [4.78, 5) is 2.01.